The second-order valence-corrected chi connectivity index (χ2v) is 3.20. The van der Waals surface area contributed by atoms with Crippen molar-refractivity contribution in [2.75, 3.05) is 13.2 Å². The molecule has 0 aromatic carbocycles. The van der Waals surface area contributed by atoms with E-state index in [1.807, 2.05) is 0 Å². The van der Waals surface area contributed by atoms with Crippen molar-refractivity contribution in [2.45, 2.75) is 25.8 Å². The zero-order valence-electron chi connectivity index (χ0n) is 6.88. The highest BCUT2D eigenvalue weighted by Crippen LogP contribution is 2.14. The van der Waals surface area contributed by atoms with Crippen LogP contribution in [0.25, 0.3) is 0 Å². The maximum atomic E-state index is 9.80. The minimum absolute atomic E-state index is 0.512. The summed E-state index contributed by atoms with van der Waals surface area (Å²) in [6.07, 6.45) is 2.16. The van der Waals surface area contributed by atoms with E-state index in [-0.39, 0.29) is 0 Å². The normalized spacial score (nSPS) is 30.3. The van der Waals surface area contributed by atoms with Gasteiger partial charge in [0.25, 0.3) is 6.47 Å². The van der Waals surface area contributed by atoms with Gasteiger partial charge in [-0.05, 0) is 25.3 Å². The van der Waals surface area contributed by atoms with Gasteiger partial charge in [-0.1, -0.05) is 6.92 Å². The van der Waals surface area contributed by atoms with Crippen LogP contribution in [0.3, 0.4) is 0 Å². The second kappa shape index (κ2) is 4.34. The van der Waals surface area contributed by atoms with Crippen LogP contribution in [0.4, 0.5) is 0 Å². The molecule has 0 amide bonds. The van der Waals surface area contributed by atoms with Gasteiger partial charge >= 0.3 is 0 Å². The van der Waals surface area contributed by atoms with Crippen molar-refractivity contribution >= 4 is 6.47 Å². The van der Waals surface area contributed by atoms with E-state index in [2.05, 4.69) is 17.0 Å². The highest BCUT2D eigenvalue weighted by atomic mass is 16.5. The second-order valence-electron chi connectivity index (χ2n) is 3.20. The van der Waals surface area contributed by atoms with Crippen molar-refractivity contribution in [3.63, 3.8) is 0 Å². The molecule has 1 saturated heterocycles. The first-order valence-electron chi connectivity index (χ1n) is 4.11. The van der Waals surface area contributed by atoms with Crippen molar-refractivity contribution in [3.8, 4) is 0 Å². The molecule has 0 radical (unpaired) electrons. The van der Waals surface area contributed by atoms with Crippen LogP contribution in [-0.4, -0.2) is 25.7 Å². The lowest BCUT2D eigenvalue weighted by molar-refractivity contribution is -0.128. The molecule has 1 N–H and O–H groups in total. The van der Waals surface area contributed by atoms with Crippen molar-refractivity contribution in [1.82, 2.24) is 5.32 Å². The van der Waals surface area contributed by atoms with Gasteiger partial charge in [-0.3, -0.25) is 4.79 Å². The average molecular weight is 157 g/mol. The number of carbonyl (C=O) groups excluding carboxylic acids is 1. The number of nitrogens with one attached hydrogen (secondary N) is 1. The average Bonchev–Trinajstić information content (AvgIpc) is 2.37. The van der Waals surface area contributed by atoms with E-state index in [4.69, 9.17) is 0 Å². The lowest BCUT2D eigenvalue weighted by atomic mass is 10.1. The van der Waals surface area contributed by atoms with Crippen LogP contribution in [0.15, 0.2) is 0 Å². The Bertz CT molecular complexity index is 127. The lowest BCUT2D eigenvalue weighted by Gasteiger charge is -2.07. The molecule has 1 aliphatic heterocycles. The minimum Gasteiger partial charge on any atom is -0.468 e. The van der Waals surface area contributed by atoms with Gasteiger partial charge in [-0.2, -0.15) is 0 Å². The molecule has 2 unspecified atom stereocenters. The predicted molar refractivity (Wildman–Crippen MR) is 42.2 cm³/mol. The molecule has 1 heterocycles. The molecule has 3 nitrogen and oxygen atoms in total. The zero-order valence-corrected chi connectivity index (χ0v) is 6.88. The van der Waals surface area contributed by atoms with Crippen LogP contribution >= 0.6 is 0 Å². The Hall–Kier alpha value is -0.570. The molecule has 0 saturated carbocycles. The Balaban J connectivity index is 2.03. The van der Waals surface area contributed by atoms with Gasteiger partial charge in [0.15, 0.2) is 0 Å². The Morgan fingerprint density at radius 2 is 2.55 bits per heavy atom. The third-order valence-corrected chi connectivity index (χ3v) is 2.09. The first-order chi connectivity index (χ1) is 5.33. The van der Waals surface area contributed by atoms with Crippen molar-refractivity contribution in [1.29, 1.82) is 0 Å². The number of hydrogen-bond acceptors (Lipinski definition) is 3. The van der Waals surface area contributed by atoms with Gasteiger partial charge in [-0.25, -0.2) is 0 Å². The van der Waals surface area contributed by atoms with E-state index in [1.165, 1.54) is 6.42 Å². The zero-order chi connectivity index (χ0) is 8.10. The summed E-state index contributed by atoms with van der Waals surface area (Å²) in [7, 11) is 0. The topological polar surface area (TPSA) is 38.3 Å². The van der Waals surface area contributed by atoms with E-state index in [1.54, 1.807) is 0 Å². The molecular formula is C8H15NO2. The van der Waals surface area contributed by atoms with Gasteiger partial charge in [0, 0.05) is 6.04 Å². The standard InChI is InChI=1S/C8H15NO2/c1-7-4-8(9-5-7)2-3-11-6-10/h6-9H,2-5H2,1H3. The maximum absolute atomic E-state index is 9.80. The third-order valence-electron chi connectivity index (χ3n) is 2.09. The summed E-state index contributed by atoms with van der Waals surface area (Å²) < 4.78 is 4.61. The van der Waals surface area contributed by atoms with E-state index in [0.29, 0.717) is 19.1 Å². The highest BCUT2D eigenvalue weighted by molar-refractivity contribution is 5.36. The molecule has 0 aromatic heterocycles. The SMILES string of the molecule is CC1CNC(CCOC=O)C1. The van der Waals surface area contributed by atoms with E-state index in [0.717, 1.165) is 18.9 Å². The summed E-state index contributed by atoms with van der Waals surface area (Å²) in [5.41, 5.74) is 0. The first kappa shape index (κ1) is 8.53. The Kier molecular flexibility index (Phi) is 3.36. The Morgan fingerprint density at radius 1 is 1.73 bits per heavy atom. The fraction of sp³-hybridized carbons (Fsp3) is 0.875. The van der Waals surface area contributed by atoms with Crippen LogP contribution in [-0.2, 0) is 9.53 Å². The van der Waals surface area contributed by atoms with Gasteiger partial charge in [0.1, 0.15) is 0 Å². The highest BCUT2D eigenvalue weighted by Gasteiger charge is 2.19. The number of rotatable bonds is 4. The molecular weight excluding hydrogens is 142 g/mol. The van der Waals surface area contributed by atoms with E-state index < -0.39 is 0 Å². The molecule has 0 aliphatic carbocycles. The molecule has 1 aliphatic rings. The number of hydrogen-bond donors (Lipinski definition) is 1. The summed E-state index contributed by atoms with van der Waals surface area (Å²) in [4.78, 5) is 9.80. The summed E-state index contributed by atoms with van der Waals surface area (Å²) in [6, 6.07) is 0.560. The molecule has 0 spiro atoms. The fourth-order valence-corrected chi connectivity index (χ4v) is 1.50. The molecule has 3 heteroatoms. The smallest absolute Gasteiger partial charge is 0.293 e. The molecule has 2 atom stereocenters. The summed E-state index contributed by atoms with van der Waals surface area (Å²) in [5.74, 6) is 0.774. The third kappa shape index (κ3) is 2.89. The molecule has 1 fully saturated rings. The summed E-state index contributed by atoms with van der Waals surface area (Å²) in [5, 5.41) is 3.37. The quantitative estimate of drug-likeness (QED) is 0.478. The van der Waals surface area contributed by atoms with Crippen LogP contribution in [0.2, 0.25) is 0 Å². The van der Waals surface area contributed by atoms with Crippen LogP contribution in [0, 0.1) is 5.92 Å². The fourth-order valence-electron chi connectivity index (χ4n) is 1.50. The van der Waals surface area contributed by atoms with Crippen LogP contribution < -0.4 is 5.32 Å². The molecule has 0 aromatic rings. The van der Waals surface area contributed by atoms with Gasteiger partial charge in [0.2, 0.25) is 0 Å². The first-order valence-corrected chi connectivity index (χ1v) is 4.11. The minimum atomic E-state index is 0.512. The molecule has 11 heavy (non-hydrogen) atoms. The summed E-state index contributed by atoms with van der Waals surface area (Å²) in [6.45, 7) is 4.39. The summed E-state index contributed by atoms with van der Waals surface area (Å²) >= 11 is 0. The number of ether oxygens (including phenoxy) is 1. The van der Waals surface area contributed by atoms with Gasteiger partial charge in [-0.15, -0.1) is 0 Å². The van der Waals surface area contributed by atoms with Gasteiger partial charge in [0.05, 0.1) is 6.61 Å². The predicted octanol–water partition coefficient (Wildman–Crippen LogP) is 0.547. The van der Waals surface area contributed by atoms with Crippen LogP contribution in [0.1, 0.15) is 19.8 Å². The van der Waals surface area contributed by atoms with Gasteiger partial charge < -0.3 is 10.1 Å². The van der Waals surface area contributed by atoms with Crippen molar-refractivity contribution < 1.29 is 9.53 Å². The van der Waals surface area contributed by atoms with Crippen LogP contribution in [0.5, 0.6) is 0 Å². The molecule has 64 valence electrons. The Morgan fingerprint density at radius 3 is 3.09 bits per heavy atom. The van der Waals surface area contributed by atoms with E-state index in [9.17, 15) is 4.79 Å². The Labute approximate surface area is 67.1 Å². The lowest BCUT2D eigenvalue weighted by Crippen LogP contribution is -2.22. The molecule has 1 rings (SSSR count). The van der Waals surface area contributed by atoms with Crippen molar-refractivity contribution in [3.05, 3.63) is 0 Å². The number of carbonyl (C=O) groups is 1. The monoisotopic (exact) mass is 157 g/mol. The largest absolute Gasteiger partial charge is 0.468 e. The maximum Gasteiger partial charge on any atom is 0.293 e. The van der Waals surface area contributed by atoms with E-state index >= 15 is 0 Å². The van der Waals surface area contributed by atoms with Crippen molar-refractivity contribution in [2.24, 2.45) is 5.92 Å². The molecule has 0 bridgehead atoms.